The molecule has 0 aliphatic rings. The Morgan fingerprint density at radius 2 is 1.24 bits per heavy atom. The first-order valence-electron chi connectivity index (χ1n) is 7.26. The van der Waals surface area contributed by atoms with Crippen LogP contribution in [0.5, 0.6) is 0 Å². The van der Waals surface area contributed by atoms with Crippen molar-refractivity contribution in [2.75, 3.05) is 0 Å². The van der Waals surface area contributed by atoms with Crippen LogP contribution in [0.4, 0.5) is 0 Å². The zero-order valence-corrected chi connectivity index (χ0v) is 14.5. The molecular weight excluding hydrogens is 260 g/mol. The van der Waals surface area contributed by atoms with Gasteiger partial charge in [-0.25, -0.2) is 9.78 Å². The largest absolute Gasteiger partial charge is 0.230 e. The minimum Gasteiger partial charge on any atom is -0.230 e. The molecule has 116 valence electrons. The van der Waals surface area contributed by atoms with Gasteiger partial charge in [-0.2, -0.15) is 0 Å². The molecule has 21 heavy (non-hydrogen) atoms. The lowest BCUT2D eigenvalue weighted by Gasteiger charge is -2.29. The van der Waals surface area contributed by atoms with Crippen LogP contribution in [0, 0.1) is 0 Å². The van der Waals surface area contributed by atoms with Gasteiger partial charge in [0.2, 0.25) is 0 Å². The van der Waals surface area contributed by atoms with Crippen LogP contribution in [0.1, 0.15) is 65.2 Å². The Balaban J connectivity index is 3.21. The fourth-order valence-corrected chi connectivity index (χ4v) is 1.75. The van der Waals surface area contributed by atoms with Gasteiger partial charge in [0.1, 0.15) is 5.60 Å². The zero-order valence-electron chi connectivity index (χ0n) is 14.5. The molecule has 2 nitrogen and oxygen atoms in total. The molecule has 0 aliphatic heterocycles. The zero-order chi connectivity index (χ0) is 16.4. The lowest BCUT2D eigenvalue weighted by molar-refractivity contribution is -0.401. The molecule has 0 fully saturated rings. The lowest BCUT2D eigenvalue weighted by Crippen LogP contribution is -2.29. The van der Waals surface area contributed by atoms with Gasteiger partial charge in [-0.1, -0.05) is 24.3 Å². The van der Waals surface area contributed by atoms with E-state index in [-0.39, 0.29) is 5.60 Å². The molecule has 0 spiro atoms. The Morgan fingerprint density at radius 1 is 0.810 bits per heavy atom. The van der Waals surface area contributed by atoms with E-state index in [1.807, 2.05) is 48.5 Å². The van der Waals surface area contributed by atoms with Gasteiger partial charge in [-0.05, 0) is 83.4 Å². The van der Waals surface area contributed by atoms with Crippen molar-refractivity contribution >= 4 is 11.1 Å². The Kier molecular flexibility index (Phi) is 5.19. The first-order valence-corrected chi connectivity index (χ1v) is 7.26. The maximum Gasteiger partial charge on any atom is 0.123 e. The Bertz CT molecular complexity index is 513. The van der Waals surface area contributed by atoms with Crippen molar-refractivity contribution < 1.29 is 9.78 Å². The summed E-state index contributed by atoms with van der Waals surface area (Å²) >= 11 is 0. The molecule has 0 N–H and O–H groups in total. The van der Waals surface area contributed by atoms with Crippen LogP contribution in [-0.4, -0.2) is 5.60 Å². The standard InChI is InChI=1S/C19H28O2/c1-13(2)15-10-16(14(3)4)12-17(11-15)19(8,9)21-20-18(5,6)7/h10-12H,1,3H2,2,4-9H3. The average molecular weight is 288 g/mol. The van der Waals surface area contributed by atoms with Crippen LogP contribution >= 0.6 is 0 Å². The van der Waals surface area contributed by atoms with E-state index in [4.69, 9.17) is 9.78 Å². The molecule has 0 saturated heterocycles. The summed E-state index contributed by atoms with van der Waals surface area (Å²) in [5.41, 5.74) is 4.38. The smallest absolute Gasteiger partial charge is 0.123 e. The highest BCUT2D eigenvalue weighted by molar-refractivity contribution is 5.70. The van der Waals surface area contributed by atoms with Crippen LogP contribution in [0.15, 0.2) is 31.4 Å². The van der Waals surface area contributed by atoms with Crippen LogP contribution in [0.2, 0.25) is 0 Å². The molecule has 0 saturated carbocycles. The summed E-state index contributed by atoms with van der Waals surface area (Å²) in [6.45, 7) is 22.0. The van der Waals surface area contributed by atoms with Crippen molar-refractivity contribution in [3.05, 3.63) is 48.0 Å². The van der Waals surface area contributed by atoms with E-state index in [2.05, 4.69) is 31.4 Å². The summed E-state index contributed by atoms with van der Waals surface area (Å²) in [5, 5.41) is 0. The van der Waals surface area contributed by atoms with Crippen molar-refractivity contribution in [1.29, 1.82) is 0 Å². The van der Waals surface area contributed by atoms with E-state index in [1.54, 1.807) is 0 Å². The van der Waals surface area contributed by atoms with E-state index in [0.29, 0.717) is 0 Å². The lowest BCUT2D eigenvalue weighted by atomic mass is 9.91. The van der Waals surface area contributed by atoms with Gasteiger partial charge >= 0.3 is 0 Å². The summed E-state index contributed by atoms with van der Waals surface area (Å²) in [4.78, 5) is 11.2. The van der Waals surface area contributed by atoms with Crippen molar-refractivity contribution in [1.82, 2.24) is 0 Å². The topological polar surface area (TPSA) is 18.5 Å². The van der Waals surface area contributed by atoms with Crippen molar-refractivity contribution in [2.24, 2.45) is 0 Å². The van der Waals surface area contributed by atoms with E-state index in [1.165, 1.54) is 0 Å². The minimum absolute atomic E-state index is 0.347. The monoisotopic (exact) mass is 288 g/mol. The number of hydrogen-bond donors (Lipinski definition) is 0. The van der Waals surface area contributed by atoms with Crippen molar-refractivity contribution in [3.8, 4) is 0 Å². The Hall–Kier alpha value is -1.38. The molecule has 0 radical (unpaired) electrons. The number of rotatable bonds is 5. The summed E-state index contributed by atoms with van der Waals surface area (Å²) < 4.78 is 0. The second kappa shape index (κ2) is 6.17. The number of hydrogen-bond acceptors (Lipinski definition) is 2. The van der Waals surface area contributed by atoms with Gasteiger partial charge in [0.05, 0.1) is 5.60 Å². The number of benzene rings is 1. The van der Waals surface area contributed by atoms with Gasteiger partial charge in [-0.15, -0.1) is 0 Å². The molecule has 0 heterocycles. The molecule has 1 aromatic carbocycles. The minimum atomic E-state index is -0.553. The summed E-state index contributed by atoms with van der Waals surface area (Å²) in [5.74, 6) is 0. The fourth-order valence-electron chi connectivity index (χ4n) is 1.75. The molecule has 1 rings (SSSR count). The maximum absolute atomic E-state index is 5.69. The van der Waals surface area contributed by atoms with Gasteiger partial charge < -0.3 is 0 Å². The summed E-state index contributed by atoms with van der Waals surface area (Å²) in [6, 6.07) is 6.30. The predicted molar refractivity (Wildman–Crippen MR) is 90.8 cm³/mol. The van der Waals surface area contributed by atoms with Crippen LogP contribution in [-0.2, 0) is 15.4 Å². The average Bonchev–Trinajstić information content (AvgIpc) is 2.35. The third-order valence-electron chi connectivity index (χ3n) is 3.11. The molecule has 0 bridgehead atoms. The van der Waals surface area contributed by atoms with Gasteiger partial charge in [0.15, 0.2) is 0 Å². The summed E-state index contributed by atoms with van der Waals surface area (Å²) in [7, 11) is 0. The normalized spacial score (nSPS) is 12.3. The Morgan fingerprint density at radius 3 is 1.57 bits per heavy atom. The van der Waals surface area contributed by atoms with E-state index in [9.17, 15) is 0 Å². The second-order valence-corrected chi connectivity index (χ2v) is 7.15. The maximum atomic E-state index is 5.69. The quantitative estimate of drug-likeness (QED) is 0.508. The first-order chi connectivity index (χ1) is 9.42. The molecule has 0 amide bonds. The van der Waals surface area contributed by atoms with Gasteiger partial charge in [-0.3, -0.25) is 0 Å². The van der Waals surface area contributed by atoms with Crippen LogP contribution in [0.3, 0.4) is 0 Å². The molecule has 0 unspecified atom stereocenters. The van der Waals surface area contributed by atoms with E-state index in [0.717, 1.165) is 27.8 Å². The van der Waals surface area contributed by atoms with Gasteiger partial charge in [0, 0.05) is 0 Å². The highest BCUT2D eigenvalue weighted by Crippen LogP contribution is 2.31. The summed E-state index contributed by atoms with van der Waals surface area (Å²) in [6.07, 6.45) is 0. The van der Waals surface area contributed by atoms with Crippen molar-refractivity contribution in [2.45, 2.75) is 59.7 Å². The highest BCUT2D eigenvalue weighted by Gasteiger charge is 2.27. The molecule has 2 heteroatoms. The first kappa shape index (κ1) is 17.7. The molecule has 0 atom stereocenters. The highest BCUT2D eigenvalue weighted by atomic mass is 17.2. The van der Waals surface area contributed by atoms with Crippen LogP contribution in [0.25, 0.3) is 11.1 Å². The SMILES string of the molecule is C=C(C)c1cc(C(=C)C)cc(C(C)(C)OOC(C)(C)C)c1. The molecule has 0 aliphatic carbocycles. The second-order valence-electron chi connectivity index (χ2n) is 7.15. The predicted octanol–water partition coefficient (Wildman–Crippen LogP) is 5.73. The fraction of sp³-hybridized carbons (Fsp3) is 0.474. The molecule has 1 aromatic rings. The van der Waals surface area contributed by atoms with Gasteiger partial charge in [0.25, 0.3) is 0 Å². The van der Waals surface area contributed by atoms with E-state index < -0.39 is 5.60 Å². The third kappa shape index (κ3) is 5.14. The molecule has 0 aromatic heterocycles. The third-order valence-corrected chi connectivity index (χ3v) is 3.11. The van der Waals surface area contributed by atoms with E-state index >= 15 is 0 Å². The van der Waals surface area contributed by atoms with Crippen LogP contribution < -0.4 is 0 Å². The molecular formula is C19H28O2. The van der Waals surface area contributed by atoms with Crippen molar-refractivity contribution in [3.63, 3.8) is 0 Å². The Labute approximate surface area is 129 Å². The number of allylic oxidation sites excluding steroid dienone is 2.